The van der Waals surface area contributed by atoms with Crippen LogP contribution in [0.3, 0.4) is 0 Å². The van der Waals surface area contributed by atoms with E-state index in [2.05, 4.69) is 48.3 Å². The molecule has 1 N–H and O–H groups in total. The number of nitrogens with zero attached hydrogens (tertiary/aromatic N) is 1. The van der Waals surface area contributed by atoms with Crippen molar-refractivity contribution < 1.29 is 4.74 Å². The second kappa shape index (κ2) is 5.51. The number of ether oxygens (including phenoxy) is 1. The second-order valence-electron chi connectivity index (χ2n) is 5.94. The quantitative estimate of drug-likeness (QED) is 0.884. The Labute approximate surface area is 115 Å². The molecule has 1 aromatic rings. The van der Waals surface area contributed by atoms with E-state index in [0.29, 0.717) is 18.0 Å². The third-order valence-electron chi connectivity index (χ3n) is 4.42. The number of para-hydroxylation sites is 1. The van der Waals surface area contributed by atoms with Gasteiger partial charge in [-0.15, -0.1) is 0 Å². The summed E-state index contributed by atoms with van der Waals surface area (Å²) in [6.45, 7) is 8.85. The van der Waals surface area contributed by atoms with Gasteiger partial charge < -0.3 is 10.1 Å². The zero-order valence-electron chi connectivity index (χ0n) is 11.9. The summed E-state index contributed by atoms with van der Waals surface area (Å²) in [6.07, 6.45) is 1.11. The molecule has 0 saturated carbocycles. The van der Waals surface area contributed by atoms with Crippen molar-refractivity contribution in [2.24, 2.45) is 5.92 Å². The van der Waals surface area contributed by atoms with Gasteiger partial charge in [0.2, 0.25) is 0 Å². The number of benzene rings is 1. The molecule has 0 radical (unpaired) electrons. The van der Waals surface area contributed by atoms with Gasteiger partial charge in [0.05, 0.1) is 6.61 Å². The minimum Gasteiger partial charge on any atom is -0.493 e. The minimum atomic E-state index is 0.527. The van der Waals surface area contributed by atoms with Crippen molar-refractivity contribution in [2.45, 2.75) is 32.4 Å². The van der Waals surface area contributed by atoms with E-state index in [-0.39, 0.29) is 0 Å². The van der Waals surface area contributed by atoms with Crippen LogP contribution in [-0.2, 0) is 0 Å². The van der Waals surface area contributed by atoms with E-state index in [9.17, 15) is 0 Å². The molecule has 3 heteroatoms. The smallest absolute Gasteiger partial charge is 0.124 e. The number of hydrogen-bond donors (Lipinski definition) is 1. The average molecular weight is 260 g/mol. The summed E-state index contributed by atoms with van der Waals surface area (Å²) in [4.78, 5) is 2.70. The third kappa shape index (κ3) is 2.49. The van der Waals surface area contributed by atoms with E-state index < -0.39 is 0 Å². The molecule has 0 amide bonds. The molecule has 104 valence electrons. The maximum absolute atomic E-state index is 5.80. The second-order valence-corrected chi connectivity index (χ2v) is 5.94. The van der Waals surface area contributed by atoms with Crippen LogP contribution in [0.25, 0.3) is 0 Å². The van der Waals surface area contributed by atoms with Crippen LogP contribution in [0.15, 0.2) is 24.3 Å². The Balaban J connectivity index is 1.89. The Morgan fingerprint density at radius 3 is 3.00 bits per heavy atom. The van der Waals surface area contributed by atoms with Crippen molar-refractivity contribution in [1.82, 2.24) is 10.2 Å². The monoisotopic (exact) mass is 260 g/mol. The van der Waals surface area contributed by atoms with Gasteiger partial charge in [0.1, 0.15) is 5.75 Å². The van der Waals surface area contributed by atoms with Crippen LogP contribution in [-0.4, -0.2) is 37.2 Å². The first-order valence-corrected chi connectivity index (χ1v) is 7.45. The first-order valence-electron chi connectivity index (χ1n) is 7.45. The summed E-state index contributed by atoms with van der Waals surface area (Å²) in [5.41, 5.74) is 1.38. The van der Waals surface area contributed by atoms with Crippen LogP contribution >= 0.6 is 0 Å². The lowest BCUT2D eigenvalue weighted by Gasteiger charge is -2.45. The normalized spacial score (nSPS) is 27.9. The summed E-state index contributed by atoms with van der Waals surface area (Å²) in [5.74, 6) is 1.77. The van der Waals surface area contributed by atoms with Crippen molar-refractivity contribution >= 4 is 0 Å². The topological polar surface area (TPSA) is 24.5 Å². The lowest BCUT2D eigenvalue weighted by Crippen LogP contribution is -2.55. The largest absolute Gasteiger partial charge is 0.493 e. The van der Waals surface area contributed by atoms with E-state index in [1.807, 2.05) is 0 Å². The van der Waals surface area contributed by atoms with Crippen LogP contribution in [0.5, 0.6) is 5.75 Å². The molecule has 2 atom stereocenters. The molecule has 1 fully saturated rings. The number of piperazine rings is 1. The summed E-state index contributed by atoms with van der Waals surface area (Å²) in [7, 11) is 0. The molecule has 2 unspecified atom stereocenters. The maximum atomic E-state index is 5.80. The minimum absolute atomic E-state index is 0.527. The van der Waals surface area contributed by atoms with Gasteiger partial charge in [-0.1, -0.05) is 32.0 Å². The Bertz CT molecular complexity index is 433. The van der Waals surface area contributed by atoms with Crippen LogP contribution in [0.2, 0.25) is 0 Å². The van der Waals surface area contributed by atoms with Gasteiger partial charge in [-0.05, 0) is 12.0 Å². The highest BCUT2D eigenvalue weighted by atomic mass is 16.5. The highest BCUT2D eigenvalue weighted by Crippen LogP contribution is 2.37. The summed E-state index contributed by atoms with van der Waals surface area (Å²) < 4.78 is 5.80. The number of fused-ring (bicyclic) bond motifs is 1. The van der Waals surface area contributed by atoms with Crippen molar-refractivity contribution in [1.29, 1.82) is 0 Å². The van der Waals surface area contributed by atoms with Gasteiger partial charge in [-0.3, -0.25) is 4.90 Å². The molecule has 3 nitrogen and oxygen atoms in total. The van der Waals surface area contributed by atoms with Crippen molar-refractivity contribution in [3.05, 3.63) is 29.8 Å². The molecular formula is C16H24N2O. The number of hydrogen-bond acceptors (Lipinski definition) is 3. The van der Waals surface area contributed by atoms with Crippen molar-refractivity contribution in [3.8, 4) is 5.75 Å². The highest BCUT2D eigenvalue weighted by molar-refractivity contribution is 5.37. The molecular weight excluding hydrogens is 236 g/mol. The molecule has 2 aliphatic rings. The zero-order valence-corrected chi connectivity index (χ0v) is 11.9. The van der Waals surface area contributed by atoms with Gasteiger partial charge in [0, 0.05) is 43.7 Å². The van der Waals surface area contributed by atoms with Gasteiger partial charge >= 0.3 is 0 Å². The van der Waals surface area contributed by atoms with Gasteiger partial charge in [0.25, 0.3) is 0 Å². The lowest BCUT2D eigenvalue weighted by molar-refractivity contribution is 0.0538. The Morgan fingerprint density at radius 1 is 1.32 bits per heavy atom. The SMILES string of the molecule is CC(C)C1CNCCN1C1CCOc2ccccc21. The highest BCUT2D eigenvalue weighted by Gasteiger charge is 2.34. The van der Waals surface area contributed by atoms with Crippen LogP contribution < -0.4 is 10.1 Å². The standard InChI is InChI=1S/C16H24N2O/c1-12(2)15-11-17-8-9-18(15)14-7-10-19-16-6-4-3-5-13(14)16/h3-6,12,14-15,17H,7-11H2,1-2H3. The van der Waals surface area contributed by atoms with Gasteiger partial charge in [0.15, 0.2) is 0 Å². The summed E-state index contributed by atoms with van der Waals surface area (Å²) in [5, 5.41) is 3.54. The first-order chi connectivity index (χ1) is 9.27. The van der Waals surface area contributed by atoms with Gasteiger partial charge in [-0.2, -0.15) is 0 Å². The molecule has 2 aliphatic heterocycles. The predicted molar refractivity (Wildman–Crippen MR) is 77.5 cm³/mol. The number of rotatable bonds is 2. The molecule has 19 heavy (non-hydrogen) atoms. The molecule has 3 rings (SSSR count). The van der Waals surface area contributed by atoms with E-state index >= 15 is 0 Å². The van der Waals surface area contributed by atoms with Crippen LogP contribution in [0.4, 0.5) is 0 Å². The Hall–Kier alpha value is -1.06. The van der Waals surface area contributed by atoms with Crippen LogP contribution in [0, 0.1) is 5.92 Å². The summed E-state index contributed by atoms with van der Waals surface area (Å²) >= 11 is 0. The van der Waals surface area contributed by atoms with E-state index in [1.165, 1.54) is 5.56 Å². The van der Waals surface area contributed by atoms with Crippen molar-refractivity contribution in [3.63, 3.8) is 0 Å². The molecule has 1 saturated heterocycles. The number of nitrogens with one attached hydrogen (secondary N) is 1. The average Bonchev–Trinajstić information content (AvgIpc) is 2.46. The third-order valence-corrected chi connectivity index (χ3v) is 4.42. The fraction of sp³-hybridized carbons (Fsp3) is 0.625. The zero-order chi connectivity index (χ0) is 13.2. The molecule has 1 aromatic carbocycles. The van der Waals surface area contributed by atoms with Gasteiger partial charge in [-0.25, -0.2) is 0 Å². The Kier molecular flexibility index (Phi) is 3.76. The molecule has 0 bridgehead atoms. The maximum Gasteiger partial charge on any atom is 0.124 e. The van der Waals surface area contributed by atoms with E-state index in [0.717, 1.165) is 38.4 Å². The predicted octanol–water partition coefficient (Wildman–Crippen LogP) is 2.44. The molecule has 0 aliphatic carbocycles. The fourth-order valence-corrected chi connectivity index (χ4v) is 3.41. The molecule has 2 heterocycles. The Morgan fingerprint density at radius 2 is 2.16 bits per heavy atom. The fourth-order valence-electron chi connectivity index (χ4n) is 3.41. The lowest BCUT2D eigenvalue weighted by atomic mass is 9.92. The molecule has 0 spiro atoms. The van der Waals surface area contributed by atoms with Crippen molar-refractivity contribution in [2.75, 3.05) is 26.2 Å². The van der Waals surface area contributed by atoms with E-state index in [4.69, 9.17) is 4.74 Å². The molecule has 0 aromatic heterocycles. The van der Waals surface area contributed by atoms with Crippen LogP contribution in [0.1, 0.15) is 31.9 Å². The van der Waals surface area contributed by atoms with E-state index in [1.54, 1.807) is 0 Å². The summed E-state index contributed by atoms with van der Waals surface area (Å²) in [6, 6.07) is 9.70. The first kappa shape index (κ1) is 12.9.